The van der Waals surface area contributed by atoms with Crippen molar-refractivity contribution in [2.24, 2.45) is 0 Å². The predicted octanol–water partition coefficient (Wildman–Crippen LogP) is 1.88. The van der Waals surface area contributed by atoms with E-state index in [9.17, 15) is 0 Å². The van der Waals surface area contributed by atoms with E-state index in [-0.39, 0.29) is 17.4 Å². The van der Waals surface area contributed by atoms with Crippen molar-refractivity contribution in [3.63, 3.8) is 0 Å². The second kappa shape index (κ2) is 29.6. The summed E-state index contributed by atoms with van der Waals surface area (Å²) >= 11 is 0. The average molecular weight is 228 g/mol. The molecule has 4 heteroatoms. The molecule has 0 saturated heterocycles. The fraction of sp³-hybridized carbons (Fsp3) is 0.100. The molecule has 0 spiro atoms. The van der Waals surface area contributed by atoms with Gasteiger partial charge in [-0.1, -0.05) is 35.9 Å². The maximum absolute atomic E-state index is 7.50. The van der Waals surface area contributed by atoms with Crippen molar-refractivity contribution in [1.29, 1.82) is 0 Å². The topological polar surface area (TPSA) is 59.7 Å². The van der Waals surface area contributed by atoms with E-state index in [1.54, 1.807) is 0 Å². The summed E-state index contributed by atoms with van der Waals surface area (Å²) in [5, 5.41) is 0. The van der Waals surface area contributed by atoms with Crippen molar-refractivity contribution in [3.8, 4) is 0 Å². The first-order valence-corrected chi connectivity index (χ1v) is 3.02. The molecule has 0 fully saturated rings. The Kier molecular flexibility index (Phi) is 48.9. The molecule has 0 N–H and O–H groups in total. The van der Waals surface area contributed by atoms with Crippen LogP contribution in [-0.4, -0.2) is 0 Å². The molecule has 1 rings (SSSR count). The van der Waals surface area contributed by atoms with Crippen molar-refractivity contribution >= 4 is 0 Å². The van der Waals surface area contributed by atoms with Gasteiger partial charge in [-0.2, -0.15) is 0 Å². The van der Waals surface area contributed by atoms with Gasteiger partial charge in [0.15, 0.2) is 0 Å². The minimum absolute atomic E-state index is 0. The van der Waals surface area contributed by atoms with Crippen LogP contribution in [0.4, 0.5) is 0 Å². The van der Waals surface area contributed by atoms with Crippen molar-refractivity contribution in [2.75, 3.05) is 0 Å². The molecule has 0 bridgehead atoms. The van der Waals surface area contributed by atoms with Crippen molar-refractivity contribution in [3.05, 3.63) is 55.8 Å². The van der Waals surface area contributed by atoms with Crippen LogP contribution in [0.3, 0.4) is 0 Å². The Hall–Kier alpha value is -1.03. The molecule has 0 unspecified atom stereocenters. The summed E-state index contributed by atoms with van der Waals surface area (Å²) in [5.41, 5.74) is 1.32. The van der Waals surface area contributed by atoms with E-state index < -0.39 is 0 Å². The Bertz CT molecular complexity index is 224. The third kappa shape index (κ3) is 22.4. The Labute approximate surface area is 94.4 Å². The molecule has 3 nitrogen and oxygen atoms in total. The fourth-order valence-electron chi connectivity index (χ4n) is 0.534. The first-order chi connectivity index (χ1) is 6.39. The van der Waals surface area contributed by atoms with Crippen LogP contribution in [0.5, 0.6) is 0 Å². The minimum Gasteiger partial charge on any atom is 0 e. The zero-order valence-corrected chi connectivity index (χ0v) is 8.79. The smallest absolute Gasteiger partial charge is 0 e. The predicted molar refractivity (Wildman–Crippen MR) is 43.0 cm³/mol. The molecule has 0 heterocycles. The summed E-state index contributed by atoms with van der Waals surface area (Å²) in [5.74, 6) is 0. The fourth-order valence-corrected chi connectivity index (χ4v) is 0.534. The number of hydrogen-bond acceptors (Lipinski definition) is 0. The average Bonchev–Trinajstić information content (AvgIpc) is 2.28. The van der Waals surface area contributed by atoms with E-state index in [1.807, 2.05) is 18.2 Å². The van der Waals surface area contributed by atoms with Gasteiger partial charge in [-0.25, -0.2) is 0 Å². The van der Waals surface area contributed by atoms with Gasteiger partial charge in [0.1, 0.15) is 0 Å². The second-order valence-electron chi connectivity index (χ2n) is 1.65. The van der Waals surface area contributed by atoms with Crippen molar-refractivity contribution in [1.82, 2.24) is 0 Å². The Balaban J connectivity index is -0.0000000625. The SMILES string of the molecule is Cc1ccccc1.[C-]#[O+].[C-]#[O+].[C-]#[O+].[Cr]. The normalized spacial score (nSPS) is 4.79. The van der Waals surface area contributed by atoms with Crippen LogP contribution in [0.25, 0.3) is 0 Å². The van der Waals surface area contributed by atoms with Crippen molar-refractivity contribution in [2.45, 2.75) is 6.92 Å². The van der Waals surface area contributed by atoms with Gasteiger partial charge >= 0.3 is 33.9 Å². The number of benzene rings is 1. The first-order valence-electron chi connectivity index (χ1n) is 3.02. The van der Waals surface area contributed by atoms with Gasteiger partial charge in [0.25, 0.3) is 0 Å². The van der Waals surface area contributed by atoms with Crippen LogP contribution in [0.1, 0.15) is 5.56 Å². The molecule has 0 aliphatic heterocycles. The van der Waals surface area contributed by atoms with Gasteiger partial charge in [0.2, 0.25) is 0 Å². The van der Waals surface area contributed by atoms with E-state index in [2.05, 4.69) is 39.0 Å². The summed E-state index contributed by atoms with van der Waals surface area (Å²) in [7, 11) is 0. The molecule has 0 saturated carbocycles. The molecule has 0 aliphatic rings. The van der Waals surface area contributed by atoms with Gasteiger partial charge in [0, 0.05) is 17.4 Å². The molecule has 0 radical (unpaired) electrons. The largest absolute Gasteiger partial charge is 0 e. The van der Waals surface area contributed by atoms with Crippen molar-refractivity contribution < 1.29 is 31.3 Å². The molecule has 0 atom stereocenters. The van der Waals surface area contributed by atoms with Crippen LogP contribution < -0.4 is 0 Å². The molecule has 72 valence electrons. The maximum atomic E-state index is 7.50. The third-order valence-electron chi connectivity index (χ3n) is 0.940. The Morgan fingerprint density at radius 1 is 0.786 bits per heavy atom. The number of rotatable bonds is 0. The van der Waals surface area contributed by atoms with Crippen LogP contribution in [-0.2, 0) is 31.3 Å². The van der Waals surface area contributed by atoms with Crippen LogP contribution in [0.15, 0.2) is 30.3 Å². The maximum Gasteiger partial charge on any atom is 0 e. The molecule has 0 aliphatic carbocycles. The van der Waals surface area contributed by atoms with Gasteiger partial charge in [-0.05, 0) is 6.92 Å². The first kappa shape index (κ1) is 23.1. The zero-order chi connectivity index (χ0) is 11.1. The quantitative estimate of drug-likeness (QED) is 0.481. The number of hydrogen-bond donors (Lipinski definition) is 0. The Morgan fingerprint density at radius 3 is 1.21 bits per heavy atom. The number of aryl methyl sites for hydroxylation is 1. The molecular formula is C10H8CrO3. The van der Waals surface area contributed by atoms with Crippen LogP contribution in [0, 0.1) is 26.9 Å². The van der Waals surface area contributed by atoms with E-state index in [0.29, 0.717) is 0 Å². The summed E-state index contributed by atoms with van der Waals surface area (Å²) < 4.78 is 22.5. The van der Waals surface area contributed by atoms with Gasteiger partial charge < -0.3 is 0 Å². The summed E-state index contributed by atoms with van der Waals surface area (Å²) in [6, 6.07) is 10.3. The van der Waals surface area contributed by atoms with Crippen LogP contribution in [0.2, 0.25) is 0 Å². The van der Waals surface area contributed by atoms with E-state index in [4.69, 9.17) is 14.0 Å². The standard InChI is InChI=1S/C7H8.3CO.Cr/c1-7-5-3-2-4-6-7;3*1-2;/h2-6H,1H3;;;;. The van der Waals surface area contributed by atoms with Gasteiger partial charge in [0.05, 0.1) is 0 Å². The van der Waals surface area contributed by atoms with Gasteiger partial charge in [-0.15, -0.1) is 0 Å². The molecule has 14 heavy (non-hydrogen) atoms. The van der Waals surface area contributed by atoms with Gasteiger partial charge in [-0.3, -0.25) is 0 Å². The Morgan fingerprint density at radius 2 is 1.07 bits per heavy atom. The molecule has 1 aromatic carbocycles. The minimum atomic E-state index is 0. The van der Waals surface area contributed by atoms with Crippen LogP contribution >= 0.6 is 0 Å². The van der Waals surface area contributed by atoms with E-state index in [0.717, 1.165) is 0 Å². The molecular weight excluding hydrogens is 220 g/mol. The third-order valence-corrected chi connectivity index (χ3v) is 0.940. The summed E-state index contributed by atoms with van der Waals surface area (Å²) in [6.07, 6.45) is 0. The summed E-state index contributed by atoms with van der Waals surface area (Å²) in [6.45, 7) is 15.6. The van der Waals surface area contributed by atoms with E-state index >= 15 is 0 Å². The molecule has 0 amide bonds. The second-order valence-corrected chi connectivity index (χ2v) is 1.65. The molecule has 0 aromatic heterocycles. The van der Waals surface area contributed by atoms with E-state index in [1.165, 1.54) is 5.56 Å². The monoisotopic (exact) mass is 228 g/mol. The zero-order valence-electron chi connectivity index (χ0n) is 7.52. The summed E-state index contributed by atoms with van der Waals surface area (Å²) in [4.78, 5) is 0. The molecule has 1 aromatic rings.